The molecule has 0 spiro atoms. The van der Waals surface area contributed by atoms with Crippen LogP contribution in [0.2, 0.25) is 0 Å². The van der Waals surface area contributed by atoms with E-state index in [2.05, 4.69) is 15.3 Å². The topological polar surface area (TPSA) is 63.3 Å². The van der Waals surface area contributed by atoms with Crippen LogP contribution >= 0.6 is 0 Å². The van der Waals surface area contributed by atoms with Crippen molar-refractivity contribution in [2.24, 2.45) is 10.7 Å². The molecule has 0 saturated heterocycles. The summed E-state index contributed by atoms with van der Waals surface area (Å²) in [5.41, 5.74) is 7.66. The number of nitrogens with one attached hydrogen (secondary N) is 1. The van der Waals surface area contributed by atoms with Gasteiger partial charge in [-0.05, 0) is 25.5 Å². The van der Waals surface area contributed by atoms with Crippen molar-refractivity contribution in [3.05, 3.63) is 29.6 Å². The first-order valence-electron chi connectivity index (χ1n) is 4.67. The number of hydrogen-bond acceptors (Lipinski definition) is 2. The molecule has 0 atom stereocenters. The minimum absolute atomic E-state index is 0.480. The van der Waals surface area contributed by atoms with Crippen molar-refractivity contribution in [3.63, 3.8) is 0 Å². The van der Waals surface area contributed by atoms with Crippen LogP contribution in [0.1, 0.15) is 18.2 Å². The molecule has 0 amide bonds. The Morgan fingerprint density at radius 2 is 2.36 bits per heavy atom. The van der Waals surface area contributed by atoms with E-state index in [1.165, 1.54) is 0 Å². The maximum Gasteiger partial charge on any atom is 0.188 e. The quantitative estimate of drug-likeness (QED) is 0.550. The summed E-state index contributed by atoms with van der Waals surface area (Å²) in [6.45, 7) is 5.31. The summed E-state index contributed by atoms with van der Waals surface area (Å²) in [7, 11) is 0. The predicted octanol–water partition coefficient (Wildman–Crippen LogP) is 0.814. The molecular weight excluding hydrogens is 176 g/mol. The van der Waals surface area contributed by atoms with Gasteiger partial charge in [-0.3, -0.25) is 4.98 Å². The number of aliphatic imine (C=N–C) groups is 1. The number of nitrogens with zero attached hydrogens (tertiary/aromatic N) is 2. The van der Waals surface area contributed by atoms with E-state index in [0.29, 0.717) is 12.5 Å². The highest BCUT2D eigenvalue weighted by molar-refractivity contribution is 5.77. The summed E-state index contributed by atoms with van der Waals surface area (Å²) in [6.07, 6.45) is 1.82. The van der Waals surface area contributed by atoms with Gasteiger partial charge in [0.15, 0.2) is 5.96 Å². The Balaban J connectivity index is 2.53. The minimum Gasteiger partial charge on any atom is -0.370 e. The van der Waals surface area contributed by atoms with Gasteiger partial charge in [0.1, 0.15) is 0 Å². The molecule has 14 heavy (non-hydrogen) atoms. The second-order valence-corrected chi connectivity index (χ2v) is 3.04. The van der Waals surface area contributed by atoms with Crippen molar-refractivity contribution in [3.8, 4) is 0 Å². The van der Waals surface area contributed by atoms with Crippen molar-refractivity contribution < 1.29 is 0 Å². The van der Waals surface area contributed by atoms with Crippen molar-refractivity contribution in [2.45, 2.75) is 20.4 Å². The number of pyridine rings is 1. The Hall–Kier alpha value is -1.58. The van der Waals surface area contributed by atoms with Gasteiger partial charge in [0.05, 0.1) is 6.54 Å². The maximum absolute atomic E-state index is 5.58. The molecule has 0 aromatic carbocycles. The summed E-state index contributed by atoms with van der Waals surface area (Å²) in [5, 5.41) is 2.93. The molecule has 1 aromatic heterocycles. The highest BCUT2D eigenvalue weighted by Gasteiger charge is 1.92. The van der Waals surface area contributed by atoms with Gasteiger partial charge in [-0.25, -0.2) is 4.99 Å². The van der Waals surface area contributed by atoms with E-state index in [1.807, 2.05) is 32.2 Å². The second kappa shape index (κ2) is 5.21. The van der Waals surface area contributed by atoms with Crippen molar-refractivity contribution >= 4 is 5.96 Å². The SMILES string of the molecule is CCNC(N)=NCc1ccc(C)nc1. The molecule has 0 fully saturated rings. The first-order chi connectivity index (χ1) is 6.72. The van der Waals surface area contributed by atoms with Crippen LogP contribution in [0, 0.1) is 6.92 Å². The van der Waals surface area contributed by atoms with Crippen LogP contribution < -0.4 is 11.1 Å². The van der Waals surface area contributed by atoms with E-state index < -0.39 is 0 Å². The lowest BCUT2D eigenvalue weighted by Gasteiger charge is -2.01. The molecule has 0 unspecified atom stereocenters. The predicted molar refractivity (Wildman–Crippen MR) is 58.0 cm³/mol. The van der Waals surface area contributed by atoms with E-state index >= 15 is 0 Å². The zero-order chi connectivity index (χ0) is 10.4. The first-order valence-corrected chi connectivity index (χ1v) is 4.67. The van der Waals surface area contributed by atoms with Gasteiger partial charge in [-0.2, -0.15) is 0 Å². The molecule has 1 rings (SSSR count). The lowest BCUT2D eigenvalue weighted by atomic mass is 10.2. The third-order valence-electron chi connectivity index (χ3n) is 1.76. The van der Waals surface area contributed by atoms with Gasteiger partial charge in [0.25, 0.3) is 0 Å². The van der Waals surface area contributed by atoms with E-state index in [9.17, 15) is 0 Å². The van der Waals surface area contributed by atoms with Gasteiger partial charge >= 0.3 is 0 Å². The molecule has 0 aliphatic carbocycles. The van der Waals surface area contributed by atoms with Crippen LogP contribution in [0.15, 0.2) is 23.3 Å². The number of nitrogens with two attached hydrogens (primary N) is 1. The van der Waals surface area contributed by atoms with Crippen LogP contribution in [0.3, 0.4) is 0 Å². The van der Waals surface area contributed by atoms with Crippen molar-refractivity contribution in [1.29, 1.82) is 0 Å². The largest absolute Gasteiger partial charge is 0.370 e. The minimum atomic E-state index is 0.480. The van der Waals surface area contributed by atoms with Crippen LogP contribution in [0.5, 0.6) is 0 Å². The zero-order valence-corrected chi connectivity index (χ0v) is 8.62. The highest BCUT2D eigenvalue weighted by atomic mass is 15.1. The average Bonchev–Trinajstić information content (AvgIpc) is 2.17. The Morgan fingerprint density at radius 3 is 2.93 bits per heavy atom. The van der Waals surface area contributed by atoms with E-state index in [0.717, 1.165) is 17.8 Å². The van der Waals surface area contributed by atoms with Gasteiger partial charge < -0.3 is 11.1 Å². The molecule has 1 aromatic rings. The molecule has 0 radical (unpaired) electrons. The average molecular weight is 192 g/mol. The summed E-state index contributed by atoms with van der Waals surface area (Å²) in [6, 6.07) is 3.97. The first kappa shape index (κ1) is 10.5. The molecular formula is C10H16N4. The standard InChI is InChI=1S/C10H16N4/c1-3-12-10(11)14-7-9-5-4-8(2)13-6-9/h4-6H,3,7H2,1-2H3,(H3,11,12,14). The fourth-order valence-corrected chi connectivity index (χ4v) is 1.01. The molecule has 3 N–H and O–H groups in total. The molecule has 4 heteroatoms. The number of guanidine groups is 1. The monoisotopic (exact) mass is 192 g/mol. The van der Waals surface area contributed by atoms with Crippen LogP contribution in [-0.4, -0.2) is 17.5 Å². The normalized spacial score (nSPS) is 11.4. The molecule has 1 heterocycles. The molecule has 0 aliphatic rings. The van der Waals surface area contributed by atoms with Crippen molar-refractivity contribution in [2.75, 3.05) is 6.54 Å². The summed E-state index contributed by atoms with van der Waals surface area (Å²) < 4.78 is 0. The fraction of sp³-hybridized carbons (Fsp3) is 0.400. The van der Waals surface area contributed by atoms with Crippen LogP contribution in [0.4, 0.5) is 0 Å². The molecule has 76 valence electrons. The van der Waals surface area contributed by atoms with Gasteiger partial charge in [0, 0.05) is 18.4 Å². The zero-order valence-electron chi connectivity index (χ0n) is 8.62. The third-order valence-corrected chi connectivity index (χ3v) is 1.76. The Bertz CT molecular complexity index is 302. The number of rotatable bonds is 3. The molecule has 0 aliphatic heterocycles. The maximum atomic E-state index is 5.58. The summed E-state index contributed by atoms with van der Waals surface area (Å²) in [4.78, 5) is 8.33. The Morgan fingerprint density at radius 1 is 1.57 bits per heavy atom. The van der Waals surface area contributed by atoms with Gasteiger partial charge in [-0.15, -0.1) is 0 Å². The second-order valence-electron chi connectivity index (χ2n) is 3.04. The smallest absolute Gasteiger partial charge is 0.188 e. The lowest BCUT2D eigenvalue weighted by molar-refractivity contribution is 0.922. The van der Waals surface area contributed by atoms with Crippen LogP contribution in [0.25, 0.3) is 0 Å². The molecule has 4 nitrogen and oxygen atoms in total. The van der Waals surface area contributed by atoms with Gasteiger partial charge in [0.2, 0.25) is 0 Å². The van der Waals surface area contributed by atoms with E-state index in [-0.39, 0.29) is 0 Å². The van der Waals surface area contributed by atoms with E-state index in [4.69, 9.17) is 5.73 Å². The molecule has 0 saturated carbocycles. The Labute approximate surface area is 84.3 Å². The fourth-order valence-electron chi connectivity index (χ4n) is 1.01. The third kappa shape index (κ3) is 3.43. The Kier molecular flexibility index (Phi) is 3.91. The number of hydrogen-bond donors (Lipinski definition) is 2. The lowest BCUT2D eigenvalue weighted by Crippen LogP contribution is -2.31. The highest BCUT2D eigenvalue weighted by Crippen LogP contribution is 2.00. The molecule has 0 bridgehead atoms. The summed E-state index contributed by atoms with van der Waals surface area (Å²) in [5.74, 6) is 0.480. The van der Waals surface area contributed by atoms with Gasteiger partial charge in [-0.1, -0.05) is 6.07 Å². The number of aromatic nitrogens is 1. The summed E-state index contributed by atoms with van der Waals surface area (Å²) >= 11 is 0. The van der Waals surface area contributed by atoms with E-state index in [1.54, 1.807) is 0 Å². The van der Waals surface area contributed by atoms with Crippen LogP contribution in [-0.2, 0) is 6.54 Å². The number of aryl methyl sites for hydroxylation is 1. The van der Waals surface area contributed by atoms with Crippen molar-refractivity contribution in [1.82, 2.24) is 10.3 Å².